The van der Waals surface area contributed by atoms with Crippen molar-refractivity contribution in [3.8, 4) is 0 Å². The number of benzene rings is 1. The average Bonchev–Trinajstić information content (AvgIpc) is 2.45. The third-order valence-electron chi connectivity index (χ3n) is 3.22. The van der Waals surface area contributed by atoms with E-state index in [-0.39, 0.29) is 5.69 Å². The first kappa shape index (κ1) is 16.2. The fourth-order valence-electron chi connectivity index (χ4n) is 2.13. The van der Waals surface area contributed by atoms with Crippen LogP contribution in [0.4, 0.5) is 17.1 Å². The summed E-state index contributed by atoms with van der Waals surface area (Å²) >= 11 is 0. The van der Waals surface area contributed by atoms with Crippen LogP contribution < -0.4 is 16.6 Å². The van der Waals surface area contributed by atoms with Gasteiger partial charge in [0.25, 0.3) is 0 Å². The molecule has 0 atom stereocenters. The molecule has 0 saturated heterocycles. The smallest absolute Gasteiger partial charge is 0.316 e. The highest BCUT2D eigenvalue weighted by molar-refractivity contribution is 5.75. The van der Waals surface area contributed by atoms with Crippen molar-refractivity contribution in [1.82, 2.24) is 0 Å². The second-order valence-electron chi connectivity index (χ2n) is 4.80. The van der Waals surface area contributed by atoms with Crippen LogP contribution in [0.5, 0.6) is 0 Å². The van der Waals surface area contributed by atoms with Gasteiger partial charge in [-0.05, 0) is 18.6 Å². The first-order chi connectivity index (χ1) is 9.70. The Labute approximate surface area is 119 Å². The van der Waals surface area contributed by atoms with Crippen LogP contribution in [0.3, 0.4) is 0 Å². The molecule has 0 unspecified atom stereocenters. The largest absolute Gasteiger partial charge is 0.379 e. The van der Waals surface area contributed by atoms with Crippen molar-refractivity contribution >= 4 is 17.1 Å². The SMILES string of the molecule is CCCCCCCCNc1cccc(NN)c1[N+](=O)[O-]. The maximum atomic E-state index is 11.1. The van der Waals surface area contributed by atoms with Gasteiger partial charge in [-0.2, -0.15) is 0 Å². The van der Waals surface area contributed by atoms with Gasteiger partial charge in [-0.25, -0.2) is 0 Å². The van der Waals surface area contributed by atoms with Gasteiger partial charge in [-0.15, -0.1) is 0 Å². The Balaban J connectivity index is 2.45. The molecule has 0 spiro atoms. The lowest BCUT2D eigenvalue weighted by atomic mass is 10.1. The van der Waals surface area contributed by atoms with Crippen LogP contribution in [0, 0.1) is 10.1 Å². The van der Waals surface area contributed by atoms with E-state index in [9.17, 15) is 10.1 Å². The summed E-state index contributed by atoms with van der Waals surface area (Å²) < 4.78 is 0. The van der Waals surface area contributed by atoms with Crippen LogP contribution >= 0.6 is 0 Å². The van der Waals surface area contributed by atoms with E-state index in [0.717, 1.165) is 19.4 Å². The molecule has 4 N–H and O–H groups in total. The zero-order valence-corrected chi connectivity index (χ0v) is 12.0. The number of hydrazine groups is 1. The zero-order valence-electron chi connectivity index (χ0n) is 12.0. The maximum absolute atomic E-state index is 11.1. The average molecular weight is 280 g/mol. The van der Waals surface area contributed by atoms with Crippen LogP contribution in [-0.2, 0) is 0 Å². The second kappa shape index (κ2) is 9.14. The van der Waals surface area contributed by atoms with Crippen molar-refractivity contribution in [2.24, 2.45) is 5.84 Å². The minimum Gasteiger partial charge on any atom is -0.379 e. The van der Waals surface area contributed by atoms with Gasteiger partial charge in [0.1, 0.15) is 11.4 Å². The number of hydrogen-bond donors (Lipinski definition) is 3. The van der Waals surface area contributed by atoms with Gasteiger partial charge in [-0.3, -0.25) is 16.0 Å². The van der Waals surface area contributed by atoms with E-state index in [1.54, 1.807) is 18.2 Å². The molecule has 1 aromatic rings. The van der Waals surface area contributed by atoms with E-state index >= 15 is 0 Å². The molecule has 0 aliphatic heterocycles. The van der Waals surface area contributed by atoms with Crippen LogP contribution in [0.2, 0.25) is 0 Å². The first-order valence-corrected chi connectivity index (χ1v) is 7.18. The molecule has 0 saturated carbocycles. The minimum atomic E-state index is -0.418. The summed E-state index contributed by atoms with van der Waals surface area (Å²) in [5.41, 5.74) is 3.20. The van der Waals surface area contributed by atoms with Crippen molar-refractivity contribution in [1.29, 1.82) is 0 Å². The van der Waals surface area contributed by atoms with E-state index in [1.165, 1.54) is 25.7 Å². The topological polar surface area (TPSA) is 93.2 Å². The van der Waals surface area contributed by atoms with Gasteiger partial charge in [0.2, 0.25) is 0 Å². The number of nitrogens with zero attached hydrogens (tertiary/aromatic N) is 1. The number of nitro benzene ring substituents is 1. The monoisotopic (exact) mass is 280 g/mol. The number of nitro groups is 1. The Bertz CT molecular complexity index is 424. The third kappa shape index (κ3) is 5.05. The van der Waals surface area contributed by atoms with Gasteiger partial charge >= 0.3 is 5.69 Å². The molecular weight excluding hydrogens is 256 g/mol. The van der Waals surface area contributed by atoms with E-state index in [0.29, 0.717) is 11.4 Å². The van der Waals surface area contributed by atoms with Gasteiger partial charge in [0, 0.05) is 6.54 Å². The summed E-state index contributed by atoms with van der Waals surface area (Å²) in [6.07, 6.45) is 7.18. The Kier molecular flexibility index (Phi) is 7.42. The van der Waals surface area contributed by atoms with Crippen LogP contribution in [-0.4, -0.2) is 11.5 Å². The second-order valence-corrected chi connectivity index (χ2v) is 4.80. The Hall–Kier alpha value is -1.82. The molecule has 6 nitrogen and oxygen atoms in total. The number of nitrogens with one attached hydrogen (secondary N) is 2. The number of unbranched alkanes of at least 4 members (excludes halogenated alkanes) is 5. The molecule has 0 aliphatic carbocycles. The first-order valence-electron chi connectivity index (χ1n) is 7.18. The molecule has 0 bridgehead atoms. The zero-order chi connectivity index (χ0) is 14.8. The Morgan fingerprint density at radius 2 is 1.80 bits per heavy atom. The highest BCUT2D eigenvalue weighted by Crippen LogP contribution is 2.32. The molecule has 0 amide bonds. The Morgan fingerprint density at radius 3 is 2.45 bits per heavy atom. The lowest BCUT2D eigenvalue weighted by Gasteiger charge is -2.09. The summed E-state index contributed by atoms with van der Waals surface area (Å²) in [5, 5.41) is 14.2. The summed E-state index contributed by atoms with van der Waals surface area (Å²) in [4.78, 5) is 10.7. The number of para-hydroxylation sites is 1. The Morgan fingerprint density at radius 1 is 1.15 bits per heavy atom. The van der Waals surface area contributed by atoms with Gasteiger partial charge < -0.3 is 10.7 Å². The number of nitrogens with two attached hydrogens (primary N) is 1. The standard InChI is InChI=1S/C14H24N4O2/c1-2-3-4-5-6-7-11-16-12-9-8-10-13(17-15)14(12)18(19)20/h8-10,16-17H,2-7,11,15H2,1H3. The van der Waals surface area contributed by atoms with Crippen molar-refractivity contribution in [3.05, 3.63) is 28.3 Å². The van der Waals surface area contributed by atoms with E-state index < -0.39 is 4.92 Å². The molecule has 6 heteroatoms. The molecular formula is C14H24N4O2. The fourth-order valence-corrected chi connectivity index (χ4v) is 2.13. The molecule has 0 aromatic heterocycles. The summed E-state index contributed by atoms with van der Waals surface area (Å²) in [6.45, 7) is 2.93. The highest BCUT2D eigenvalue weighted by Gasteiger charge is 2.18. The quantitative estimate of drug-likeness (QED) is 0.263. The van der Waals surface area contributed by atoms with Crippen molar-refractivity contribution < 1.29 is 4.92 Å². The van der Waals surface area contributed by atoms with Crippen molar-refractivity contribution in [2.45, 2.75) is 45.4 Å². The predicted molar refractivity (Wildman–Crippen MR) is 82.8 cm³/mol. The number of rotatable bonds is 10. The minimum absolute atomic E-state index is 0.000910. The summed E-state index contributed by atoms with van der Waals surface area (Å²) in [6, 6.07) is 5.04. The maximum Gasteiger partial charge on any atom is 0.316 e. The predicted octanol–water partition coefficient (Wildman–Crippen LogP) is 3.65. The van der Waals surface area contributed by atoms with Gasteiger partial charge in [0.05, 0.1) is 4.92 Å². The van der Waals surface area contributed by atoms with Crippen molar-refractivity contribution in [3.63, 3.8) is 0 Å². The lowest BCUT2D eigenvalue weighted by Crippen LogP contribution is -2.11. The summed E-state index contributed by atoms with van der Waals surface area (Å²) in [5.74, 6) is 5.30. The van der Waals surface area contributed by atoms with E-state index in [2.05, 4.69) is 17.7 Å². The molecule has 0 heterocycles. The lowest BCUT2D eigenvalue weighted by molar-refractivity contribution is -0.383. The highest BCUT2D eigenvalue weighted by atomic mass is 16.6. The number of anilines is 2. The van der Waals surface area contributed by atoms with Gasteiger partial charge in [-0.1, -0.05) is 45.1 Å². The van der Waals surface area contributed by atoms with E-state index in [1.807, 2.05) is 0 Å². The number of nitrogen functional groups attached to an aromatic ring is 1. The van der Waals surface area contributed by atoms with Crippen molar-refractivity contribution in [2.75, 3.05) is 17.3 Å². The molecule has 1 rings (SSSR count). The molecule has 0 fully saturated rings. The number of hydrogen-bond acceptors (Lipinski definition) is 5. The van der Waals surface area contributed by atoms with Crippen LogP contribution in [0.25, 0.3) is 0 Å². The normalized spacial score (nSPS) is 10.3. The van der Waals surface area contributed by atoms with Crippen LogP contribution in [0.15, 0.2) is 18.2 Å². The molecule has 20 heavy (non-hydrogen) atoms. The molecule has 1 aromatic carbocycles. The molecule has 0 aliphatic rings. The van der Waals surface area contributed by atoms with Crippen LogP contribution in [0.1, 0.15) is 45.4 Å². The molecule has 0 radical (unpaired) electrons. The van der Waals surface area contributed by atoms with E-state index in [4.69, 9.17) is 5.84 Å². The molecule has 112 valence electrons. The van der Waals surface area contributed by atoms with Gasteiger partial charge in [0.15, 0.2) is 0 Å². The summed E-state index contributed by atoms with van der Waals surface area (Å²) in [7, 11) is 0. The third-order valence-corrected chi connectivity index (χ3v) is 3.22. The fraction of sp³-hybridized carbons (Fsp3) is 0.571.